The molecule has 0 fully saturated rings. The fourth-order valence-corrected chi connectivity index (χ4v) is 2.64. The van der Waals surface area contributed by atoms with Crippen LogP contribution in [0.5, 0.6) is 11.5 Å². The lowest BCUT2D eigenvalue weighted by Gasteiger charge is -2.28. The van der Waals surface area contributed by atoms with Crippen molar-refractivity contribution < 1.29 is 24.5 Å². The molecule has 0 bridgehead atoms. The molecule has 1 aliphatic heterocycles. The number of carbonyl (C=O) groups is 2. The number of carbonyl (C=O) groups excluding carboxylic acids is 1. The second-order valence-electron chi connectivity index (χ2n) is 6.54. The average Bonchev–Trinajstić information content (AvgIpc) is 2.59. The summed E-state index contributed by atoms with van der Waals surface area (Å²) in [6, 6.07) is 9.35. The van der Waals surface area contributed by atoms with Crippen molar-refractivity contribution in [3.8, 4) is 11.5 Å². The van der Waals surface area contributed by atoms with Crippen molar-refractivity contribution in [2.24, 2.45) is 0 Å². The number of carboxylic acid groups (broad SMARTS) is 1. The van der Waals surface area contributed by atoms with E-state index in [-0.39, 0.29) is 22.7 Å². The fourth-order valence-electron chi connectivity index (χ4n) is 2.64. The summed E-state index contributed by atoms with van der Waals surface area (Å²) in [5.41, 5.74) is 1.05. The van der Waals surface area contributed by atoms with Gasteiger partial charge in [0, 0.05) is 0 Å². The van der Waals surface area contributed by atoms with Crippen LogP contribution in [0.4, 0.5) is 0 Å². The van der Waals surface area contributed by atoms with E-state index >= 15 is 0 Å². The number of ketones is 1. The highest BCUT2D eigenvalue weighted by atomic mass is 16.5. The molecule has 5 nitrogen and oxygen atoms in total. The number of hydrogen-bond donors (Lipinski definition) is 2. The lowest BCUT2D eigenvalue weighted by atomic mass is 9.98. The van der Waals surface area contributed by atoms with Gasteiger partial charge in [0.2, 0.25) is 0 Å². The Morgan fingerprint density at radius 3 is 2.42 bits per heavy atom. The zero-order chi connectivity index (χ0) is 18.9. The molecule has 0 spiro atoms. The number of aromatic hydroxyl groups is 1. The largest absolute Gasteiger partial charge is 0.506 e. The Kier molecular flexibility index (Phi) is 4.38. The minimum Gasteiger partial charge on any atom is -0.506 e. The van der Waals surface area contributed by atoms with Gasteiger partial charge in [-0.1, -0.05) is 18.2 Å². The van der Waals surface area contributed by atoms with Crippen molar-refractivity contribution in [2.45, 2.75) is 19.4 Å². The van der Waals surface area contributed by atoms with Gasteiger partial charge in [0.25, 0.3) is 0 Å². The molecular weight excluding hydrogens is 332 g/mol. The molecule has 0 amide bonds. The first-order chi connectivity index (χ1) is 12.3. The lowest BCUT2D eigenvalue weighted by molar-refractivity contribution is 0.0696. The third kappa shape index (κ3) is 3.52. The van der Waals surface area contributed by atoms with E-state index in [0.717, 1.165) is 0 Å². The molecule has 2 aromatic carbocycles. The van der Waals surface area contributed by atoms with Crippen molar-refractivity contribution in [3.05, 3.63) is 70.8 Å². The Morgan fingerprint density at radius 1 is 1.08 bits per heavy atom. The van der Waals surface area contributed by atoms with Gasteiger partial charge in [-0.25, -0.2) is 4.79 Å². The maximum absolute atomic E-state index is 12.4. The van der Waals surface area contributed by atoms with Gasteiger partial charge in [-0.2, -0.15) is 0 Å². The SMILES string of the molecule is CC1(C)C=Cc2c(ccc(C(=O)/C=C/c3ccc(C(=O)O)cc3)c2O)O1. The molecule has 1 aliphatic rings. The van der Waals surface area contributed by atoms with Gasteiger partial charge in [0.15, 0.2) is 5.78 Å². The maximum atomic E-state index is 12.4. The van der Waals surface area contributed by atoms with Crippen LogP contribution in [0.2, 0.25) is 0 Å². The standard InChI is InChI=1S/C21H18O5/c1-21(2)12-11-16-18(26-21)10-8-15(19(16)23)17(22)9-5-13-3-6-14(7-4-13)20(24)25/h3-12,23H,1-2H3,(H,24,25)/b9-5+. The van der Waals surface area contributed by atoms with Gasteiger partial charge < -0.3 is 14.9 Å². The molecule has 0 radical (unpaired) electrons. The van der Waals surface area contributed by atoms with E-state index in [9.17, 15) is 14.7 Å². The summed E-state index contributed by atoms with van der Waals surface area (Å²) in [5.74, 6) is -0.954. The van der Waals surface area contributed by atoms with E-state index in [1.54, 1.807) is 30.4 Å². The number of allylic oxidation sites excluding steroid dienone is 1. The predicted molar refractivity (Wildman–Crippen MR) is 98.6 cm³/mol. The highest BCUT2D eigenvalue weighted by Crippen LogP contribution is 2.38. The first-order valence-corrected chi connectivity index (χ1v) is 8.07. The number of rotatable bonds is 4. The molecule has 3 rings (SSSR count). The van der Waals surface area contributed by atoms with Crippen molar-refractivity contribution >= 4 is 23.9 Å². The Balaban J connectivity index is 1.83. The molecule has 5 heteroatoms. The van der Waals surface area contributed by atoms with Crippen LogP contribution in [-0.4, -0.2) is 27.6 Å². The highest BCUT2D eigenvalue weighted by molar-refractivity contribution is 6.09. The molecule has 0 atom stereocenters. The van der Waals surface area contributed by atoms with Crippen LogP contribution in [0, 0.1) is 0 Å². The molecular formula is C21H18O5. The van der Waals surface area contributed by atoms with Gasteiger partial charge in [0.1, 0.15) is 17.1 Å². The fraction of sp³-hybridized carbons (Fsp3) is 0.143. The van der Waals surface area contributed by atoms with E-state index in [2.05, 4.69) is 0 Å². The summed E-state index contributed by atoms with van der Waals surface area (Å²) >= 11 is 0. The van der Waals surface area contributed by atoms with Gasteiger partial charge in [-0.3, -0.25) is 4.79 Å². The molecule has 0 aromatic heterocycles. The number of hydrogen-bond acceptors (Lipinski definition) is 4. The van der Waals surface area contributed by atoms with Crippen LogP contribution in [0.1, 0.15) is 45.7 Å². The highest BCUT2D eigenvalue weighted by Gasteiger charge is 2.25. The molecule has 0 unspecified atom stereocenters. The van der Waals surface area contributed by atoms with Crippen molar-refractivity contribution in [2.75, 3.05) is 0 Å². The number of phenols is 1. The van der Waals surface area contributed by atoms with Crippen molar-refractivity contribution in [3.63, 3.8) is 0 Å². The summed E-state index contributed by atoms with van der Waals surface area (Å²) in [4.78, 5) is 23.3. The van der Waals surface area contributed by atoms with Crippen LogP contribution >= 0.6 is 0 Å². The molecule has 132 valence electrons. The normalized spacial score (nSPS) is 14.7. The zero-order valence-electron chi connectivity index (χ0n) is 14.4. The number of fused-ring (bicyclic) bond motifs is 1. The van der Waals surface area contributed by atoms with E-state index in [1.807, 2.05) is 19.9 Å². The molecule has 0 aliphatic carbocycles. The zero-order valence-corrected chi connectivity index (χ0v) is 14.4. The molecule has 1 heterocycles. The average molecular weight is 350 g/mol. The first kappa shape index (κ1) is 17.5. The monoisotopic (exact) mass is 350 g/mol. The number of ether oxygens (including phenoxy) is 1. The molecule has 26 heavy (non-hydrogen) atoms. The van der Waals surface area contributed by atoms with Crippen LogP contribution < -0.4 is 4.74 Å². The van der Waals surface area contributed by atoms with Crippen LogP contribution in [0.15, 0.2) is 48.6 Å². The quantitative estimate of drug-likeness (QED) is 0.639. The minimum absolute atomic E-state index is 0.120. The summed E-state index contributed by atoms with van der Waals surface area (Å²) in [6.07, 6.45) is 6.49. The van der Waals surface area contributed by atoms with Gasteiger partial charge >= 0.3 is 5.97 Å². The number of phenolic OH excluding ortho intramolecular Hbond substituents is 1. The third-order valence-corrected chi connectivity index (χ3v) is 4.05. The van der Waals surface area contributed by atoms with E-state index in [0.29, 0.717) is 16.9 Å². The minimum atomic E-state index is -1.01. The van der Waals surface area contributed by atoms with Gasteiger partial charge in [0.05, 0.1) is 16.7 Å². The predicted octanol–water partition coefficient (Wildman–Crippen LogP) is 4.17. The molecule has 0 saturated heterocycles. The lowest BCUT2D eigenvalue weighted by Crippen LogP contribution is -2.27. The Hall–Kier alpha value is -3.34. The summed E-state index contributed by atoms with van der Waals surface area (Å²) in [5, 5.41) is 19.3. The van der Waals surface area contributed by atoms with Crippen LogP contribution in [-0.2, 0) is 0 Å². The van der Waals surface area contributed by atoms with E-state index in [1.165, 1.54) is 24.3 Å². The van der Waals surface area contributed by atoms with Crippen LogP contribution in [0.3, 0.4) is 0 Å². The third-order valence-electron chi connectivity index (χ3n) is 4.05. The number of carboxylic acids is 1. The van der Waals surface area contributed by atoms with Crippen molar-refractivity contribution in [1.82, 2.24) is 0 Å². The summed E-state index contributed by atoms with van der Waals surface area (Å²) < 4.78 is 5.77. The molecule has 0 saturated carbocycles. The molecule has 2 aromatic rings. The topological polar surface area (TPSA) is 83.8 Å². The second-order valence-corrected chi connectivity index (χ2v) is 6.54. The first-order valence-electron chi connectivity index (χ1n) is 8.07. The number of benzene rings is 2. The maximum Gasteiger partial charge on any atom is 0.335 e. The number of aromatic carboxylic acids is 1. The summed E-state index contributed by atoms with van der Waals surface area (Å²) in [6.45, 7) is 3.81. The summed E-state index contributed by atoms with van der Waals surface area (Å²) in [7, 11) is 0. The smallest absolute Gasteiger partial charge is 0.335 e. The Bertz CT molecular complexity index is 934. The van der Waals surface area contributed by atoms with Crippen LogP contribution in [0.25, 0.3) is 12.2 Å². The van der Waals surface area contributed by atoms with Gasteiger partial charge in [-0.15, -0.1) is 0 Å². The van der Waals surface area contributed by atoms with Crippen molar-refractivity contribution in [1.29, 1.82) is 0 Å². The molecule has 2 N–H and O–H groups in total. The van der Waals surface area contributed by atoms with E-state index < -0.39 is 11.6 Å². The van der Waals surface area contributed by atoms with Gasteiger partial charge in [-0.05, 0) is 61.9 Å². The Labute approximate surface area is 150 Å². The van der Waals surface area contributed by atoms with E-state index in [4.69, 9.17) is 9.84 Å². The second kappa shape index (κ2) is 6.52. The Morgan fingerprint density at radius 2 is 1.77 bits per heavy atom.